The van der Waals surface area contributed by atoms with Crippen molar-refractivity contribution < 1.29 is 9.59 Å². The molecule has 0 spiro atoms. The molecule has 4 N–H and O–H groups in total. The Hall–Kier alpha value is -3.46. The molecule has 44 heavy (non-hydrogen) atoms. The lowest BCUT2D eigenvalue weighted by Crippen LogP contribution is -2.24. The number of aromatic nitrogens is 2. The van der Waals surface area contributed by atoms with E-state index in [4.69, 9.17) is 5.73 Å². The average Bonchev–Trinajstić information content (AvgIpc) is 3.53. The van der Waals surface area contributed by atoms with E-state index in [0.29, 0.717) is 28.5 Å². The summed E-state index contributed by atoms with van der Waals surface area (Å²) in [6.45, 7) is 13.2. The molecule has 3 rings (SSSR count). The molecule has 2 amide bonds. The van der Waals surface area contributed by atoms with Crippen LogP contribution >= 0.6 is 11.3 Å². The molecule has 0 saturated heterocycles. The minimum atomic E-state index is -0.418. The lowest BCUT2D eigenvalue weighted by Gasteiger charge is -2.12. The summed E-state index contributed by atoms with van der Waals surface area (Å²) in [5.41, 5.74) is 10.5. The minimum Gasteiger partial charge on any atom is -0.404 e. The lowest BCUT2D eigenvalue weighted by molar-refractivity contribution is -0.111. The van der Waals surface area contributed by atoms with Crippen molar-refractivity contribution in [2.45, 2.75) is 99.3 Å². The molecule has 0 radical (unpaired) electrons. The summed E-state index contributed by atoms with van der Waals surface area (Å²) in [6, 6.07) is 1.61. The standard InChI is InChI=1S/C25H34N6O2S.C10H20/c1-7-9-16(3)20(15-31(5)6)22-14-29-25(34-22)19(12-26)24(33)30-21-11-18(13-28-17(21)4)23(32)27-10-8-2;1-3-4-5-6-7-10(2)8-9-10/h9,11-15H,7-8,10,26H2,1-6H3,(H,27,32)(H,30,33);3-9H2,1-2H3/b16-9+,19-12-,20-15+;. The van der Waals surface area contributed by atoms with Crippen LogP contribution in [0.15, 0.2) is 42.5 Å². The van der Waals surface area contributed by atoms with Crippen LogP contribution in [0.5, 0.6) is 0 Å². The number of pyridine rings is 1. The van der Waals surface area contributed by atoms with E-state index in [1.807, 2.05) is 32.1 Å². The van der Waals surface area contributed by atoms with Gasteiger partial charge in [-0.15, -0.1) is 11.3 Å². The number of nitrogens with zero attached hydrogens (tertiary/aromatic N) is 3. The highest BCUT2D eigenvalue weighted by molar-refractivity contribution is 7.14. The second-order valence-electron chi connectivity index (χ2n) is 12.1. The maximum Gasteiger partial charge on any atom is 0.260 e. The third-order valence-corrected chi connectivity index (χ3v) is 8.67. The van der Waals surface area contributed by atoms with Gasteiger partial charge in [-0.2, -0.15) is 0 Å². The maximum atomic E-state index is 13.1. The van der Waals surface area contributed by atoms with Gasteiger partial charge in [0.2, 0.25) is 0 Å². The maximum absolute atomic E-state index is 13.1. The Balaban J connectivity index is 0.000000569. The van der Waals surface area contributed by atoms with Gasteiger partial charge in [0.25, 0.3) is 11.8 Å². The molecule has 242 valence electrons. The summed E-state index contributed by atoms with van der Waals surface area (Å²) < 4.78 is 0. The van der Waals surface area contributed by atoms with E-state index in [0.717, 1.165) is 34.3 Å². The van der Waals surface area contributed by atoms with E-state index < -0.39 is 5.91 Å². The average molecular weight is 623 g/mol. The first-order valence-electron chi connectivity index (χ1n) is 16.0. The predicted octanol–water partition coefficient (Wildman–Crippen LogP) is 7.94. The summed E-state index contributed by atoms with van der Waals surface area (Å²) >= 11 is 1.39. The summed E-state index contributed by atoms with van der Waals surface area (Å²) in [5, 5.41) is 6.14. The van der Waals surface area contributed by atoms with Crippen LogP contribution < -0.4 is 16.4 Å². The number of aryl methyl sites for hydroxylation is 1. The third kappa shape index (κ3) is 11.9. The van der Waals surface area contributed by atoms with Crippen LogP contribution in [-0.4, -0.2) is 47.3 Å². The Morgan fingerprint density at radius 2 is 1.80 bits per heavy atom. The van der Waals surface area contributed by atoms with Crippen LogP contribution in [0.3, 0.4) is 0 Å². The Morgan fingerprint density at radius 1 is 1.07 bits per heavy atom. The highest BCUT2D eigenvalue weighted by Gasteiger charge is 2.35. The number of rotatable bonds is 15. The fraction of sp³-hybridized carbons (Fsp3) is 0.543. The number of hydrogen-bond donors (Lipinski definition) is 3. The first kappa shape index (κ1) is 36.7. The monoisotopic (exact) mass is 622 g/mol. The number of carbonyl (C=O) groups excluding carboxylic acids is 2. The SMILES string of the molecule is CC/C=C(C)/C(=C\N(C)C)c1cnc(/C(=C\N)C(=O)Nc2cc(C(=O)NCCC)cnc2C)s1.CCCCCCC1(C)CC1. The van der Waals surface area contributed by atoms with Gasteiger partial charge in [-0.05, 0) is 63.0 Å². The number of amides is 2. The Morgan fingerprint density at radius 3 is 2.39 bits per heavy atom. The van der Waals surface area contributed by atoms with Gasteiger partial charge in [-0.1, -0.05) is 59.5 Å². The van der Waals surface area contributed by atoms with Crippen LogP contribution in [0, 0.1) is 12.3 Å². The van der Waals surface area contributed by atoms with Crippen LogP contribution in [0.25, 0.3) is 11.1 Å². The van der Waals surface area contributed by atoms with Crippen LogP contribution in [0.4, 0.5) is 5.69 Å². The first-order valence-corrected chi connectivity index (χ1v) is 16.8. The molecular weight excluding hydrogens is 568 g/mol. The number of allylic oxidation sites excluding steroid dienone is 3. The van der Waals surface area contributed by atoms with Gasteiger partial charge in [-0.25, -0.2) is 4.98 Å². The van der Waals surface area contributed by atoms with E-state index in [9.17, 15) is 9.59 Å². The summed E-state index contributed by atoms with van der Waals surface area (Å²) in [5.74, 6) is -0.655. The van der Waals surface area contributed by atoms with Gasteiger partial charge in [0.15, 0.2) is 0 Å². The molecule has 0 aliphatic heterocycles. The van der Waals surface area contributed by atoms with Crippen molar-refractivity contribution in [3.8, 4) is 0 Å². The summed E-state index contributed by atoms with van der Waals surface area (Å²) in [4.78, 5) is 37.0. The molecule has 2 heterocycles. The number of anilines is 1. The quantitative estimate of drug-likeness (QED) is 0.106. The molecule has 0 unspecified atom stereocenters. The van der Waals surface area contributed by atoms with Crippen molar-refractivity contribution in [3.05, 3.63) is 63.7 Å². The van der Waals surface area contributed by atoms with Crippen molar-refractivity contribution in [2.24, 2.45) is 11.1 Å². The molecule has 8 nitrogen and oxygen atoms in total. The molecule has 1 fully saturated rings. The van der Waals surface area contributed by atoms with E-state index in [2.05, 4.69) is 54.4 Å². The van der Waals surface area contributed by atoms with Gasteiger partial charge in [-0.3, -0.25) is 14.6 Å². The normalized spacial score (nSPS) is 14.4. The van der Waals surface area contributed by atoms with Gasteiger partial charge >= 0.3 is 0 Å². The Labute approximate surface area is 269 Å². The zero-order chi connectivity index (χ0) is 32.7. The highest BCUT2D eigenvalue weighted by Crippen LogP contribution is 2.49. The molecular formula is C35H54N6O2S. The first-order chi connectivity index (χ1) is 21.0. The fourth-order valence-electron chi connectivity index (χ4n) is 4.56. The topological polar surface area (TPSA) is 113 Å². The second-order valence-corrected chi connectivity index (χ2v) is 13.1. The van der Waals surface area contributed by atoms with Crippen molar-refractivity contribution in [1.29, 1.82) is 0 Å². The van der Waals surface area contributed by atoms with Crippen molar-refractivity contribution in [1.82, 2.24) is 20.2 Å². The fourth-order valence-corrected chi connectivity index (χ4v) is 5.57. The van der Waals surface area contributed by atoms with E-state index in [1.54, 1.807) is 19.2 Å². The van der Waals surface area contributed by atoms with Gasteiger partial charge in [0.05, 0.1) is 27.4 Å². The predicted molar refractivity (Wildman–Crippen MR) is 186 cm³/mol. The number of unbranched alkanes of at least 4 members (excludes halogenated alkanes) is 3. The molecule has 2 aromatic rings. The van der Waals surface area contributed by atoms with Crippen LogP contribution in [-0.2, 0) is 4.79 Å². The number of hydrogen-bond acceptors (Lipinski definition) is 7. The molecule has 1 aliphatic carbocycles. The van der Waals surface area contributed by atoms with E-state index in [-0.39, 0.29) is 11.5 Å². The van der Waals surface area contributed by atoms with Crippen molar-refractivity contribution >= 4 is 40.0 Å². The molecule has 1 saturated carbocycles. The number of carbonyl (C=O) groups is 2. The largest absolute Gasteiger partial charge is 0.404 e. The minimum absolute atomic E-state index is 0.236. The molecule has 0 aromatic carbocycles. The number of nitrogens with one attached hydrogen (secondary N) is 2. The van der Waals surface area contributed by atoms with E-state index in [1.165, 1.54) is 68.7 Å². The van der Waals surface area contributed by atoms with Gasteiger partial charge in [0, 0.05) is 51.0 Å². The van der Waals surface area contributed by atoms with Crippen LogP contribution in [0.1, 0.15) is 118 Å². The Kier molecular flexibility index (Phi) is 15.3. The van der Waals surface area contributed by atoms with Crippen molar-refractivity contribution in [2.75, 3.05) is 26.0 Å². The molecule has 0 bridgehead atoms. The molecule has 9 heteroatoms. The molecule has 0 atom stereocenters. The zero-order valence-corrected chi connectivity index (χ0v) is 29.0. The van der Waals surface area contributed by atoms with E-state index >= 15 is 0 Å². The summed E-state index contributed by atoms with van der Waals surface area (Å²) in [7, 11) is 3.93. The highest BCUT2D eigenvalue weighted by atomic mass is 32.1. The van der Waals surface area contributed by atoms with Gasteiger partial charge in [0.1, 0.15) is 5.01 Å². The van der Waals surface area contributed by atoms with Crippen molar-refractivity contribution in [3.63, 3.8) is 0 Å². The van der Waals surface area contributed by atoms with Gasteiger partial charge < -0.3 is 21.3 Å². The zero-order valence-electron chi connectivity index (χ0n) is 28.2. The molecule has 1 aliphatic rings. The lowest BCUT2D eigenvalue weighted by atomic mass is 10.0. The number of nitrogens with two attached hydrogens (primary N) is 1. The third-order valence-electron chi connectivity index (χ3n) is 7.61. The molecule has 2 aromatic heterocycles. The number of thiazole rings is 1. The summed E-state index contributed by atoms with van der Waals surface area (Å²) in [6.07, 6.45) is 20.7. The smallest absolute Gasteiger partial charge is 0.260 e. The Bertz CT molecular complexity index is 1320. The van der Waals surface area contributed by atoms with Crippen LogP contribution in [0.2, 0.25) is 0 Å². The second kappa shape index (κ2) is 18.4.